The summed E-state index contributed by atoms with van der Waals surface area (Å²) in [5.41, 5.74) is 7.34. The Hall–Kier alpha value is -1.81. The van der Waals surface area contributed by atoms with Crippen molar-refractivity contribution in [3.8, 4) is 5.88 Å². The van der Waals surface area contributed by atoms with Gasteiger partial charge in [-0.3, -0.25) is 0 Å². The first-order valence-corrected chi connectivity index (χ1v) is 6.25. The Balaban J connectivity index is 2.03. The van der Waals surface area contributed by atoms with Crippen LogP contribution < -0.4 is 10.5 Å². The van der Waals surface area contributed by atoms with E-state index in [4.69, 9.17) is 22.1 Å². The Bertz CT molecular complexity index is 662. The fraction of sp³-hybridized carbons (Fsp3) is 0.214. The average molecular weight is 279 g/mol. The average Bonchev–Trinajstić information content (AvgIpc) is 2.65. The number of nitrogens with two attached hydrogens (primary N) is 1. The molecule has 0 bridgehead atoms. The van der Waals surface area contributed by atoms with Gasteiger partial charge in [-0.25, -0.2) is 9.37 Å². The fourth-order valence-corrected chi connectivity index (χ4v) is 2.78. The molecule has 1 aromatic carbocycles. The number of rotatable bonds is 1. The van der Waals surface area contributed by atoms with Crippen molar-refractivity contribution < 1.29 is 9.13 Å². The third-order valence-electron chi connectivity index (χ3n) is 3.30. The molecule has 98 valence electrons. The van der Waals surface area contributed by atoms with E-state index < -0.39 is 5.60 Å². The molecular weight excluding hydrogens is 267 g/mol. The second-order valence-electron chi connectivity index (χ2n) is 4.87. The molecule has 0 fully saturated rings. The van der Waals surface area contributed by atoms with Crippen molar-refractivity contribution in [1.29, 1.82) is 0 Å². The molecule has 1 aliphatic heterocycles. The molecule has 0 amide bonds. The maximum Gasteiger partial charge on any atom is 0.217 e. The molecule has 3 rings (SSSR count). The van der Waals surface area contributed by atoms with Crippen LogP contribution in [0.4, 0.5) is 10.1 Å². The zero-order chi connectivity index (χ0) is 13.6. The number of anilines is 1. The summed E-state index contributed by atoms with van der Waals surface area (Å²) in [5.74, 6) is 0.187. The predicted molar refractivity (Wildman–Crippen MR) is 71.7 cm³/mol. The van der Waals surface area contributed by atoms with Crippen molar-refractivity contribution in [2.75, 3.05) is 5.73 Å². The van der Waals surface area contributed by atoms with Crippen LogP contribution in [-0.4, -0.2) is 4.98 Å². The van der Waals surface area contributed by atoms with Crippen molar-refractivity contribution in [2.45, 2.75) is 18.9 Å². The van der Waals surface area contributed by atoms with Crippen molar-refractivity contribution in [1.82, 2.24) is 4.98 Å². The number of nitrogens with zero attached hydrogens (tertiary/aromatic N) is 1. The van der Waals surface area contributed by atoms with Gasteiger partial charge in [-0.1, -0.05) is 17.7 Å². The number of fused-ring (bicyclic) bond motifs is 1. The third kappa shape index (κ3) is 2.02. The van der Waals surface area contributed by atoms with E-state index in [2.05, 4.69) is 4.98 Å². The Morgan fingerprint density at radius 3 is 2.95 bits per heavy atom. The van der Waals surface area contributed by atoms with Gasteiger partial charge >= 0.3 is 0 Å². The highest BCUT2D eigenvalue weighted by Crippen LogP contribution is 2.42. The van der Waals surface area contributed by atoms with E-state index in [0.29, 0.717) is 23.0 Å². The molecule has 0 aliphatic carbocycles. The van der Waals surface area contributed by atoms with E-state index in [1.807, 2.05) is 13.0 Å². The first kappa shape index (κ1) is 12.2. The molecule has 1 aliphatic rings. The zero-order valence-electron chi connectivity index (χ0n) is 10.3. The number of hydrogen-bond acceptors (Lipinski definition) is 3. The molecule has 0 radical (unpaired) electrons. The Morgan fingerprint density at radius 2 is 2.21 bits per heavy atom. The quantitative estimate of drug-likeness (QED) is 0.871. The summed E-state index contributed by atoms with van der Waals surface area (Å²) in [6.07, 6.45) is 2.16. The summed E-state index contributed by atoms with van der Waals surface area (Å²) in [4.78, 5) is 4.16. The van der Waals surface area contributed by atoms with Gasteiger partial charge in [0.1, 0.15) is 11.4 Å². The summed E-state index contributed by atoms with van der Waals surface area (Å²) < 4.78 is 19.0. The second-order valence-corrected chi connectivity index (χ2v) is 5.27. The summed E-state index contributed by atoms with van der Waals surface area (Å²) in [6.45, 7) is 1.91. The maximum atomic E-state index is 13.1. The summed E-state index contributed by atoms with van der Waals surface area (Å²) in [7, 11) is 0. The van der Waals surface area contributed by atoms with Gasteiger partial charge in [-0.15, -0.1) is 0 Å². The van der Waals surface area contributed by atoms with Crippen molar-refractivity contribution in [3.05, 3.63) is 52.4 Å². The molecule has 2 heterocycles. The van der Waals surface area contributed by atoms with E-state index in [9.17, 15) is 4.39 Å². The minimum atomic E-state index is -0.645. The number of nitrogen functional groups attached to an aromatic ring is 1. The zero-order valence-corrected chi connectivity index (χ0v) is 11.0. The van der Waals surface area contributed by atoms with E-state index in [0.717, 1.165) is 11.1 Å². The van der Waals surface area contributed by atoms with Gasteiger partial charge in [-0.05, 0) is 25.1 Å². The largest absolute Gasteiger partial charge is 0.466 e. The molecule has 19 heavy (non-hydrogen) atoms. The van der Waals surface area contributed by atoms with E-state index >= 15 is 0 Å². The van der Waals surface area contributed by atoms with Gasteiger partial charge in [0.05, 0.1) is 16.9 Å². The van der Waals surface area contributed by atoms with Crippen LogP contribution in [0.2, 0.25) is 5.02 Å². The maximum absolute atomic E-state index is 13.1. The smallest absolute Gasteiger partial charge is 0.217 e. The van der Waals surface area contributed by atoms with Gasteiger partial charge in [-0.2, -0.15) is 0 Å². The summed E-state index contributed by atoms with van der Waals surface area (Å²) >= 11 is 6.11. The lowest BCUT2D eigenvalue weighted by atomic mass is 9.91. The highest BCUT2D eigenvalue weighted by atomic mass is 35.5. The summed E-state index contributed by atoms with van der Waals surface area (Å²) in [5, 5.41) is 0.350. The third-order valence-corrected chi connectivity index (χ3v) is 3.61. The molecule has 0 spiro atoms. The molecule has 1 atom stereocenters. The van der Waals surface area contributed by atoms with Gasteiger partial charge < -0.3 is 10.5 Å². The molecule has 5 heteroatoms. The number of aromatic nitrogens is 1. The minimum Gasteiger partial charge on any atom is -0.466 e. The molecule has 2 N–H and O–H groups in total. The van der Waals surface area contributed by atoms with Crippen molar-refractivity contribution >= 4 is 17.3 Å². The number of benzene rings is 1. The molecule has 1 aromatic heterocycles. The molecule has 0 saturated heterocycles. The van der Waals surface area contributed by atoms with Crippen LogP contribution in [-0.2, 0) is 12.0 Å². The fourth-order valence-electron chi connectivity index (χ4n) is 2.42. The number of ether oxygens (including phenoxy) is 1. The van der Waals surface area contributed by atoms with Gasteiger partial charge in [0.2, 0.25) is 5.88 Å². The Kier molecular flexibility index (Phi) is 2.64. The highest BCUT2D eigenvalue weighted by molar-refractivity contribution is 6.31. The van der Waals surface area contributed by atoms with Crippen LogP contribution in [0.5, 0.6) is 5.88 Å². The normalized spacial score (nSPS) is 21.0. The lowest BCUT2D eigenvalue weighted by Crippen LogP contribution is -2.27. The van der Waals surface area contributed by atoms with Crippen LogP contribution >= 0.6 is 11.6 Å². The number of pyridine rings is 1. The van der Waals surface area contributed by atoms with E-state index in [1.54, 1.807) is 12.3 Å². The standard InChI is InChI=1S/C14H12ClFN2O/c1-14(11-3-2-9(16)5-12(11)15)6-8-4-10(17)7-18-13(8)19-14/h2-5,7H,6,17H2,1H3. The van der Waals surface area contributed by atoms with Crippen molar-refractivity contribution in [3.63, 3.8) is 0 Å². The Labute approximate surface area is 115 Å². The second kappa shape index (κ2) is 4.10. The van der Waals surface area contributed by atoms with Gasteiger partial charge in [0.15, 0.2) is 0 Å². The molecule has 1 unspecified atom stereocenters. The van der Waals surface area contributed by atoms with Crippen LogP contribution in [0.15, 0.2) is 30.5 Å². The SMILES string of the molecule is CC1(c2ccc(F)cc2Cl)Cc2cc(N)cnc2O1. The number of hydrogen-bond donors (Lipinski definition) is 1. The van der Waals surface area contributed by atoms with Gasteiger partial charge in [0.25, 0.3) is 0 Å². The molecular formula is C14H12ClFN2O. The van der Waals surface area contributed by atoms with Crippen LogP contribution in [0, 0.1) is 5.82 Å². The van der Waals surface area contributed by atoms with Gasteiger partial charge in [0, 0.05) is 17.5 Å². The van der Waals surface area contributed by atoms with Crippen molar-refractivity contribution in [2.24, 2.45) is 0 Å². The van der Waals surface area contributed by atoms with E-state index in [1.165, 1.54) is 12.1 Å². The Morgan fingerprint density at radius 1 is 1.42 bits per heavy atom. The summed E-state index contributed by atoms with van der Waals surface area (Å²) in [6, 6.07) is 6.15. The molecule has 0 saturated carbocycles. The lowest BCUT2D eigenvalue weighted by Gasteiger charge is -2.25. The highest BCUT2D eigenvalue weighted by Gasteiger charge is 2.39. The number of halogens is 2. The van der Waals surface area contributed by atoms with Crippen LogP contribution in [0.1, 0.15) is 18.1 Å². The van der Waals surface area contributed by atoms with Crippen LogP contribution in [0.25, 0.3) is 0 Å². The predicted octanol–water partition coefficient (Wildman–Crippen LogP) is 3.31. The molecule has 3 nitrogen and oxygen atoms in total. The lowest BCUT2D eigenvalue weighted by molar-refractivity contribution is 0.110. The first-order chi connectivity index (χ1) is 8.98. The monoisotopic (exact) mass is 278 g/mol. The van der Waals surface area contributed by atoms with Crippen LogP contribution in [0.3, 0.4) is 0 Å². The van der Waals surface area contributed by atoms with E-state index in [-0.39, 0.29) is 5.82 Å². The molecule has 2 aromatic rings. The minimum absolute atomic E-state index is 0.350. The topological polar surface area (TPSA) is 48.1 Å². The first-order valence-electron chi connectivity index (χ1n) is 5.87.